The van der Waals surface area contributed by atoms with E-state index in [0.717, 1.165) is 19.3 Å². The molecule has 0 aliphatic carbocycles. The Labute approximate surface area is 55.6 Å². The van der Waals surface area contributed by atoms with Crippen molar-refractivity contribution >= 4 is 0 Å². The third kappa shape index (κ3) is 1.94. The van der Waals surface area contributed by atoms with E-state index in [-0.39, 0.29) is 0 Å². The summed E-state index contributed by atoms with van der Waals surface area (Å²) < 4.78 is 12.4. The standard InChI is InChI=1S/C7H14FN/c1-2-7-4-3-6(8)5-9-7/h6-7,9H,2-5H2,1H3/t6-,7-/m1/s1. The number of halogens is 1. The van der Waals surface area contributed by atoms with Crippen LogP contribution in [0.25, 0.3) is 0 Å². The Balaban J connectivity index is 2.18. The van der Waals surface area contributed by atoms with Gasteiger partial charge in [0.25, 0.3) is 0 Å². The zero-order valence-corrected chi connectivity index (χ0v) is 5.86. The van der Waals surface area contributed by atoms with Gasteiger partial charge in [0.15, 0.2) is 0 Å². The lowest BCUT2D eigenvalue weighted by Gasteiger charge is -2.24. The van der Waals surface area contributed by atoms with Crippen LogP contribution in [-0.2, 0) is 0 Å². The van der Waals surface area contributed by atoms with E-state index in [4.69, 9.17) is 0 Å². The molecule has 0 aromatic rings. The summed E-state index contributed by atoms with van der Waals surface area (Å²) >= 11 is 0. The molecule has 0 aromatic carbocycles. The largest absolute Gasteiger partial charge is 0.311 e. The van der Waals surface area contributed by atoms with Crippen LogP contribution in [-0.4, -0.2) is 18.8 Å². The van der Waals surface area contributed by atoms with Crippen molar-refractivity contribution in [3.05, 3.63) is 0 Å². The highest BCUT2D eigenvalue weighted by molar-refractivity contribution is 4.75. The summed E-state index contributed by atoms with van der Waals surface area (Å²) in [5, 5.41) is 3.14. The maximum absolute atomic E-state index is 12.4. The van der Waals surface area contributed by atoms with Gasteiger partial charge in [0.05, 0.1) is 0 Å². The number of piperidine rings is 1. The minimum Gasteiger partial charge on any atom is -0.311 e. The lowest BCUT2D eigenvalue weighted by molar-refractivity contribution is 0.230. The highest BCUT2D eigenvalue weighted by atomic mass is 19.1. The molecule has 1 heterocycles. The van der Waals surface area contributed by atoms with Crippen LogP contribution in [0, 0.1) is 0 Å². The van der Waals surface area contributed by atoms with Gasteiger partial charge in [-0.3, -0.25) is 0 Å². The topological polar surface area (TPSA) is 12.0 Å². The molecule has 0 spiro atoms. The van der Waals surface area contributed by atoms with Gasteiger partial charge in [-0.15, -0.1) is 0 Å². The first-order valence-electron chi connectivity index (χ1n) is 3.70. The van der Waals surface area contributed by atoms with Crippen LogP contribution in [0.15, 0.2) is 0 Å². The van der Waals surface area contributed by atoms with E-state index in [1.54, 1.807) is 0 Å². The number of alkyl halides is 1. The molecule has 0 unspecified atom stereocenters. The van der Waals surface area contributed by atoms with Gasteiger partial charge in [0, 0.05) is 12.6 Å². The molecule has 0 bridgehead atoms. The molecular formula is C7H14FN. The van der Waals surface area contributed by atoms with E-state index in [9.17, 15) is 4.39 Å². The van der Waals surface area contributed by atoms with Crippen molar-refractivity contribution in [1.82, 2.24) is 5.32 Å². The summed E-state index contributed by atoms with van der Waals surface area (Å²) in [6.45, 7) is 2.70. The van der Waals surface area contributed by atoms with Crippen molar-refractivity contribution in [3.8, 4) is 0 Å². The van der Waals surface area contributed by atoms with Gasteiger partial charge in [0.2, 0.25) is 0 Å². The first kappa shape index (κ1) is 7.00. The molecule has 0 saturated carbocycles. The number of rotatable bonds is 1. The summed E-state index contributed by atoms with van der Waals surface area (Å²) in [5.74, 6) is 0. The van der Waals surface area contributed by atoms with Crippen molar-refractivity contribution in [2.45, 2.75) is 38.4 Å². The maximum atomic E-state index is 12.4. The van der Waals surface area contributed by atoms with Crippen LogP contribution in [0.1, 0.15) is 26.2 Å². The van der Waals surface area contributed by atoms with Crippen molar-refractivity contribution in [1.29, 1.82) is 0 Å². The highest BCUT2D eigenvalue weighted by Crippen LogP contribution is 2.12. The van der Waals surface area contributed by atoms with Crippen molar-refractivity contribution in [2.24, 2.45) is 0 Å². The van der Waals surface area contributed by atoms with E-state index in [1.165, 1.54) is 0 Å². The van der Waals surface area contributed by atoms with E-state index in [2.05, 4.69) is 12.2 Å². The van der Waals surface area contributed by atoms with Crippen LogP contribution < -0.4 is 5.32 Å². The van der Waals surface area contributed by atoms with Crippen LogP contribution in [0.2, 0.25) is 0 Å². The number of hydrogen-bond acceptors (Lipinski definition) is 1. The Hall–Kier alpha value is -0.110. The molecular weight excluding hydrogens is 117 g/mol. The fourth-order valence-electron chi connectivity index (χ4n) is 1.23. The Morgan fingerprint density at radius 1 is 1.56 bits per heavy atom. The van der Waals surface area contributed by atoms with Gasteiger partial charge in [-0.1, -0.05) is 6.92 Å². The number of nitrogens with one attached hydrogen (secondary N) is 1. The Bertz CT molecular complexity index is 77.0. The summed E-state index contributed by atoms with van der Waals surface area (Å²) in [6, 6.07) is 0.581. The molecule has 0 aromatic heterocycles. The number of hydrogen-bond donors (Lipinski definition) is 1. The second kappa shape index (κ2) is 3.16. The van der Waals surface area contributed by atoms with Crippen molar-refractivity contribution in [3.63, 3.8) is 0 Å². The Morgan fingerprint density at radius 3 is 2.78 bits per heavy atom. The molecule has 2 atom stereocenters. The van der Waals surface area contributed by atoms with E-state index in [1.807, 2.05) is 0 Å². The van der Waals surface area contributed by atoms with Gasteiger partial charge in [-0.25, -0.2) is 4.39 Å². The maximum Gasteiger partial charge on any atom is 0.113 e. The minimum atomic E-state index is -0.590. The minimum absolute atomic E-state index is 0.568. The smallest absolute Gasteiger partial charge is 0.113 e. The molecule has 1 aliphatic heterocycles. The average Bonchev–Trinajstić information content (AvgIpc) is 1.90. The zero-order chi connectivity index (χ0) is 6.69. The van der Waals surface area contributed by atoms with E-state index >= 15 is 0 Å². The quantitative estimate of drug-likeness (QED) is 0.568. The molecule has 2 heteroatoms. The van der Waals surface area contributed by atoms with Gasteiger partial charge >= 0.3 is 0 Å². The van der Waals surface area contributed by atoms with Crippen LogP contribution >= 0.6 is 0 Å². The predicted molar refractivity (Wildman–Crippen MR) is 36.2 cm³/mol. The van der Waals surface area contributed by atoms with Gasteiger partial charge in [0.1, 0.15) is 6.17 Å². The predicted octanol–water partition coefficient (Wildman–Crippen LogP) is 1.49. The molecule has 0 radical (unpaired) electrons. The SMILES string of the molecule is CC[C@@H]1CC[C@@H](F)CN1. The second-order valence-electron chi connectivity index (χ2n) is 2.69. The van der Waals surface area contributed by atoms with Crippen LogP contribution in [0.5, 0.6) is 0 Å². The molecule has 1 N–H and O–H groups in total. The normalized spacial score (nSPS) is 36.7. The molecule has 1 aliphatic rings. The van der Waals surface area contributed by atoms with E-state index in [0.29, 0.717) is 12.6 Å². The van der Waals surface area contributed by atoms with Gasteiger partial charge in [-0.05, 0) is 19.3 Å². The molecule has 9 heavy (non-hydrogen) atoms. The Morgan fingerprint density at radius 2 is 2.33 bits per heavy atom. The molecule has 1 rings (SSSR count). The summed E-state index contributed by atoms with van der Waals surface area (Å²) in [7, 11) is 0. The van der Waals surface area contributed by atoms with Gasteiger partial charge < -0.3 is 5.32 Å². The van der Waals surface area contributed by atoms with Gasteiger partial charge in [-0.2, -0.15) is 0 Å². The fraction of sp³-hybridized carbons (Fsp3) is 1.00. The molecule has 1 nitrogen and oxygen atoms in total. The fourth-order valence-corrected chi connectivity index (χ4v) is 1.23. The molecule has 1 fully saturated rings. The molecule has 0 amide bonds. The summed E-state index contributed by atoms with van der Waals surface area (Å²) in [6.07, 6.45) is 2.31. The third-order valence-electron chi connectivity index (χ3n) is 1.95. The lowest BCUT2D eigenvalue weighted by Crippen LogP contribution is -2.39. The highest BCUT2D eigenvalue weighted by Gasteiger charge is 2.17. The van der Waals surface area contributed by atoms with Crippen LogP contribution in [0.4, 0.5) is 4.39 Å². The third-order valence-corrected chi connectivity index (χ3v) is 1.95. The summed E-state index contributed by atoms with van der Waals surface area (Å²) in [4.78, 5) is 0. The van der Waals surface area contributed by atoms with E-state index < -0.39 is 6.17 Å². The monoisotopic (exact) mass is 131 g/mol. The lowest BCUT2D eigenvalue weighted by atomic mass is 10.0. The first-order chi connectivity index (χ1) is 4.33. The zero-order valence-electron chi connectivity index (χ0n) is 5.86. The average molecular weight is 131 g/mol. The van der Waals surface area contributed by atoms with Crippen LogP contribution in [0.3, 0.4) is 0 Å². The first-order valence-corrected chi connectivity index (χ1v) is 3.70. The second-order valence-corrected chi connectivity index (χ2v) is 2.69. The molecule has 1 saturated heterocycles. The van der Waals surface area contributed by atoms with Crippen molar-refractivity contribution in [2.75, 3.05) is 6.54 Å². The Kier molecular flexibility index (Phi) is 2.46. The summed E-state index contributed by atoms with van der Waals surface area (Å²) in [5.41, 5.74) is 0. The van der Waals surface area contributed by atoms with Crippen molar-refractivity contribution < 1.29 is 4.39 Å². The molecule has 54 valence electrons.